The predicted molar refractivity (Wildman–Crippen MR) is 261 cm³/mol. The van der Waals surface area contributed by atoms with E-state index >= 15 is 0 Å². The number of carbonyl (C=O) groups excluding carboxylic acids is 3. The first-order chi connectivity index (χ1) is 29.6. The van der Waals surface area contributed by atoms with Crippen LogP contribution >= 0.6 is 0 Å². The van der Waals surface area contributed by atoms with Crippen molar-refractivity contribution in [1.82, 2.24) is 0 Å². The van der Waals surface area contributed by atoms with Crippen LogP contribution in [0.5, 0.6) is 0 Å². The first kappa shape index (κ1) is 59.4. The Morgan fingerprint density at radius 1 is 0.328 bits per heavy atom. The average Bonchev–Trinajstić information content (AvgIpc) is 3.23. The van der Waals surface area contributed by atoms with E-state index in [2.05, 4.69) is 41.5 Å². The first-order valence-corrected chi connectivity index (χ1v) is 27.1. The predicted octanol–water partition coefficient (Wildman–Crippen LogP) is 17.6. The van der Waals surface area contributed by atoms with Gasteiger partial charge in [0.25, 0.3) is 0 Å². The molecule has 0 aromatic carbocycles. The highest BCUT2D eigenvalue weighted by Crippen LogP contribution is 2.18. The Bertz CT molecular complexity index is 947. The molecule has 0 fully saturated rings. The standard InChI is InChI=1S/C55H106O6/c1-7-51(6)43-37-31-25-20-21-26-32-38-44-53(56)59-47-52(48-60-54(57)45-39-33-28-22-24-30-36-42-50(4)5)61-55(58)46-40-34-27-19-17-15-13-11-9-8-10-12-14-16-18-23-29-35-41-49(2)3/h49-52H,7-48H2,1-6H3/t51?,52-/m0/s1. The topological polar surface area (TPSA) is 78.9 Å². The van der Waals surface area contributed by atoms with Crippen LogP contribution in [0, 0.1) is 17.8 Å². The Hall–Kier alpha value is -1.59. The Kier molecular flexibility index (Phi) is 45.2. The van der Waals surface area contributed by atoms with E-state index in [0.29, 0.717) is 19.3 Å². The monoisotopic (exact) mass is 863 g/mol. The Morgan fingerprint density at radius 2 is 0.574 bits per heavy atom. The van der Waals surface area contributed by atoms with Crippen molar-refractivity contribution in [2.45, 2.75) is 304 Å². The van der Waals surface area contributed by atoms with E-state index in [4.69, 9.17) is 14.2 Å². The molecule has 0 radical (unpaired) electrons. The maximum absolute atomic E-state index is 12.8. The Morgan fingerprint density at radius 3 is 0.852 bits per heavy atom. The van der Waals surface area contributed by atoms with Gasteiger partial charge in [-0.25, -0.2) is 0 Å². The van der Waals surface area contributed by atoms with E-state index in [1.165, 1.54) is 180 Å². The van der Waals surface area contributed by atoms with Crippen molar-refractivity contribution in [1.29, 1.82) is 0 Å². The Balaban J connectivity index is 4.23. The lowest BCUT2D eigenvalue weighted by Gasteiger charge is -2.18. The number of rotatable bonds is 48. The SMILES string of the molecule is CCC(C)CCCCCCCCCCC(=O)OC[C@@H](COC(=O)CCCCCCCCCC(C)C)OC(=O)CCCCCCCCCCCCCCCCCCCCC(C)C. The quantitative estimate of drug-likeness (QED) is 0.0344. The summed E-state index contributed by atoms with van der Waals surface area (Å²) in [5, 5.41) is 0. The molecule has 0 aromatic heterocycles. The van der Waals surface area contributed by atoms with Crippen LogP contribution in [-0.2, 0) is 28.6 Å². The summed E-state index contributed by atoms with van der Waals surface area (Å²) in [6, 6.07) is 0. The number of unbranched alkanes of at least 4 members (excludes halogenated alkanes) is 30. The molecular weight excluding hydrogens is 757 g/mol. The highest BCUT2D eigenvalue weighted by Gasteiger charge is 2.19. The fraction of sp³-hybridized carbons (Fsp3) is 0.945. The van der Waals surface area contributed by atoms with Crippen LogP contribution < -0.4 is 0 Å². The second kappa shape index (κ2) is 46.4. The van der Waals surface area contributed by atoms with Gasteiger partial charge in [0.1, 0.15) is 13.2 Å². The van der Waals surface area contributed by atoms with Gasteiger partial charge in [-0.15, -0.1) is 0 Å². The van der Waals surface area contributed by atoms with Gasteiger partial charge in [0.05, 0.1) is 0 Å². The molecule has 0 aliphatic heterocycles. The number of ether oxygens (including phenoxy) is 3. The second-order valence-electron chi connectivity index (χ2n) is 20.1. The van der Waals surface area contributed by atoms with Crippen LogP contribution in [0.3, 0.4) is 0 Å². The fourth-order valence-corrected chi connectivity index (χ4v) is 8.26. The van der Waals surface area contributed by atoms with Gasteiger partial charge in [0.2, 0.25) is 0 Å². The molecule has 2 atom stereocenters. The second-order valence-corrected chi connectivity index (χ2v) is 20.1. The maximum Gasteiger partial charge on any atom is 0.306 e. The summed E-state index contributed by atoms with van der Waals surface area (Å²) < 4.78 is 16.8. The number of hydrogen-bond donors (Lipinski definition) is 0. The van der Waals surface area contributed by atoms with Gasteiger partial charge in [-0.3, -0.25) is 14.4 Å². The van der Waals surface area contributed by atoms with Crippen LogP contribution in [0.4, 0.5) is 0 Å². The smallest absolute Gasteiger partial charge is 0.306 e. The van der Waals surface area contributed by atoms with Gasteiger partial charge in [0, 0.05) is 19.3 Å². The van der Waals surface area contributed by atoms with Crippen LogP contribution in [0.2, 0.25) is 0 Å². The third-order valence-corrected chi connectivity index (χ3v) is 12.8. The molecule has 0 aromatic rings. The molecule has 0 amide bonds. The molecule has 1 unspecified atom stereocenters. The van der Waals surface area contributed by atoms with Crippen LogP contribution in [0.25, 0.3) is 0 Å². The highest BCUT2D eigenvalue weighted by molar-refractivity contribution is 5.71. The number of esters is 3. The van der Waals surface area contributed by atoms with Gasteiger partial charge >= 0.3 is 17.9 Å². The van der Waals surface area contributed by atoms with E-state index in [1.54, 1.807) is 0 Å². The fourth-order valence-electron chi connectivity index (χ4n) is 8.26. The van der Waals surface area contributed by atoms with Crippen LogP contribution in [0.15, 0.2) is 0 Å². The summed E-state index contributed by atoms with van der Waals surface area (Å²) in [6.07, 6.45) is 46.7. The molecule has 0 bridgehead atoms. The minimum atomic E-state index is -0.763. The molecule has 0 spiro atoms. The zero-order valence-electron chi connectivity index (χ0n) is 42.0. The van der Waals surface area contributed by atoms with Crippen molar-refractivity contribution in [2.24, 2.45) is 17.8 Å². The van der Waals surface area contributed by atoms with Crippen LogP contribution in [0.1, 0.15) is 298 Å². The normalized spacial score (nSPS) is 12.6. The van der Waals surface area contributed by atoms with Gasteiger partial charge in [-0.1, -0.05) is 260 Å². The third-order valence-electron chi connectivity index (χ3n) is 12.8. The van der Waals surface area contributed by atoms with Gasteiger partial charge in [-0.2, -0.15) is 0 Å². The zero-order valence-corrected chi connectivity index (χ0v) is 42.0. The van der Waals surface area contributed by atoms with Crippen molar-refractivity contribution < 1.29 is 28.6 Å². The summed E-state index contributed by atoms with van der Waals surface area (Å²) in [6.45, 7) is 13.7. The van der Waals surface area contributed by atoms with E-state index < -0.39 is 6.10 Å². The largest absolute Gasteiger partial charge is 0.462 e. The zero-order chi connectivity index (χ0) is 44.9. The molecule has 6 heteroatoms. The molecule has 0 saturated heterocycles. The summed E-state index contributed by atoms with van der Waals surface area (Å²) in [4.78, 5) is 37.9. The third kappa shape index (κ3) is 47.7. The van der Waals surface area contributed by atoms with Crippen molar-refractivity contribution in [3.63, 3.8) is 0 Å². The minimum absolute atomic E-state index is 0.0654. The highest BCUT2D eigenvalue weighted by atomic mass is 16.6. The molecule has 61 heavy (non-hydrogen) atoms. The first-order valence-electron chi connectivity index (χ1n) is 27.1. The van der Waals surface area contributed by atoms with E-state index in [-0.39, 0.29) is 31.1 Å². The lowest BCUT2D eigenvalue weighted by molar-refractivity contribution is -0.167. The van der Waals surface area contributed by atoms with Crippen molar-refractivity contribution in [3.05, 3.63) is 0 Å². The molecule has 0 N–H and O–H groups in total. The van der Waals surface area contributed by atoms with Crippen LogP contribution in [-0.4, -0.2) is 37.2 Å². The maximum atomic E-state index is 12.8. The molecule has 362 valence electrons. The summed E-state index contributed by atoms with van der Waals surface area (Å²) >= 11 is 0. The molecule has 0 aliphatic carbocycles. The number of carbonyl (C=O) groups is 3. The lowest BCUT2D eigenvalue weighted by atomic mass is 9.99. The van der Waals surface area contributed by atoms with E-state index in [1.807, 2.05) is 0 Å². The number of hydrogen-bond acceptors (Lipinski definition) is 6. The van der Waals surface area contributed by atoms with Gasteiger partial charge < -0.3 is 14.2 Å². The van der Waals surface area contributed by atoms with E-state index in [9.17, 15) is 14.4 Å². The average molecular weight is 863 g/mol. The minimum Gasteiger partial charge on any atom is -0.462 e. The van der Waals surface area contributed by atoms with Gasteiger partial charge in [0.15, 0.2) is 6.10 Å². The van der Waals surface area contributed by atoms with Crippen molar-refractivity contribution in [2.75, 3.05) is 13.2 Å². The molecular formula is C55H106O6. The van der Waals surface area contributed by atoms with Crippen molar-refractivity contribution in [3.8, 4) is 0 Å². The molecule has 0 aliphatic rings. The van der Waals surface area contributed by atoms with E-state index in [0.717, 1.165) is 75.5 Å². The molecule has 0 heterocycles. The summed E-state index contributed by atoms with van der Waals surface area (Å²) in [5.41, 5.74) is 0. The van der Waals surface area contributed by atoms with Gasteiger partial charge in [-0.05, 0) is 37.0 Å². The lowest BCUT2D eigenvalue weighted by Crippen LogP contribution is -2.30. The van der Waals surface area contributed by atoms with Crippen molar-refractivity contribution >= 4 is 17.9 Å². The Labute approximate surface area is 380 Å². The molecule has 0 saturated carbocycles. The molecule has 6 nitrogen and oxygen atoms in total. The summed E-state index contributed by atoms with van der Waals surface area (Å²) in [7, 11) is 0. The molecule has 0 rings (SSSR count). The summed E-state index contributed by atoms with van der Waals surface area (Å²) in [5.74, 6) is 1.63.